The van der Waals surface area contributed by atoms with Crippen molar-refractivity contribution in [2.45, 2.75) is 252 Å². The van der Waals surface area contributed by atoms with Crippen LogP contribution in [-0.2, 0) is 28.6 Å². The lowest BCUT2D eigenvalue weighted by Gasteiger charge is -2.18. The van der Waals surface area contributed by atoms with Crippen LogP contribution in [0.5, 0.6) is 0 Å². The van der Waals surface area contributed by atoms with E-state index >= 15 is 0 Å². The normalized spacial score (nSPS) is 12.7. The first-order valence-corrected chi connectivity index (χ1v) is 26.7. The maximum absolute atomic E-state index is 12.8. The topological polar surface area (TPSA) is 78.9 Å². The Hall–Kier alpha value is -3.41. The van der Waals surface area contributed by atoms with Crippen LogP contribution in [0.1, 0.15) is 245 Å². The van der Waals surface area contributed by atoms with Crippen molar-refractivity contribution in [3.8, 4) is 0 Å². The van der Waals surface area contributed by atoms with E-state index in [1.165, 1.54) is 96.3 Å². The average Bonchev–Trinajstić information content (AvgIpc) is 3.29. The Kier molecular flexibility index (Phi) is 49.4. The highest BCUT2D eigenvalue weighted by molar-refractivity contribution is 5.71. The number of unbranched alkanes of at least 4 members (excludes halogenated alkanes) is 26. The molecular weight excluding hydrogens is 793 g/mol. The van der Waals surface area contributed by atoms with Gasteiger partial charge in [-0.3, -0.25) is 14.4 Å². The minimum absolute atomic E-state index is 0.0976. The van der Waals surface area contributed by atoms with Crippen LogP contribution < -0.4 is 0 Å². The van der Waals surface area contributed by atoms with E-state index in [-0.39, 0.29) is 31.1 Å². The predicted molar refractivity (Wildman–Crippen MR) is 274 cm³/mol. The Morgan fingerprint density at radius 2 is 0.578 bits per heavy atom. The molecule has 64 heavy (non-hydrogen) atoms. The molecule has 0 N–H and O–H groups in total. The van der Waals surface area contributed by atoms with E-state index < -0.39 is 6.10 Å². The van der Waals surface area contributed by atoms with Crippen molar-refractivity contribution >= 4 is 17.9 Å². The minimum Gasteiger partial charge on any atom is -0.462 e. The molecule has 0 aromatic carbocycles. The number of ether oxygens (including phenoxy) is 3. The van der Waals surface area contributed by atoms with E-state index in [4.69, 9.17) is 14.2 Å². The van der Waals surface area contributed by atoms with E-state index in [9.17, 15) is 14.4 Å². The fourth-order valence-corrected chi connectivity index (χ4v) is 7.14. The van der Waals surface area contributed by atoms with Gasteiger partial charge in [0, 0.05) is 19.3 Å². The van der Waals surface area contributed by atoms with Gasteiger partial charge in [-0.25, -0.2) is 0 Å². The van der Waals surface area contributed by atoms with Gasteiger partial charge in [0.15, 0.2) is 6.10 Å². The van der Waals surface area contributed by atoms with Gasteiger partial charge in [-0.05, 0) is 96.3 Å². The van der Waals surface area contributed by atoms with E-state index in [0.717, 1.165) is 109 Å². The minimum atomic E-state index is -0.799. The summed E-state index contributed by atoms with van der Waals surface area (Å²) in [5, 5.41) is 0. The Bertz CT molecular complexity index is 1250. The molecule has 6 nitrogen and oxygen atoms in total. The summed E-state index contributed by atoms with van der Waals surface area (Å²) in [6, 6.07) is 0. The van der Waals surface area contributed by atoms with Crippen molar-refractivity contribution in [2.24, 2.45) is 0 Å². The molecule has 0 fully saturated rings. The third kappa shape index (κ3) is 49.6. The molecule has 1 unspecified atom stereocenters. The van der Waals surface area contributed by atoms with Gasteiger partial charge in [-0.1, -0.05) is 215 Å². The zero-order valence-electron chi connectivity index (χ0n) is 41.8. The molecule has 0 saturated heterocycles. The Balaban J connectivity index is 4.48. The lowest BCUT2D eigenvalue weighted by atomic mass is 10.1. The molecule has 0 radical (unpaired) electrons. The van der Waals surface area contributed by atoms with Crippen molar-refractivity contribution < 1.29 is 28.6 Å². The second-order valence-electron chi connectivity index (χ2n) is 17.5. The van der Waals surface area contributed by atoms with Crippen molar-refractivity contribution in [2.75, 3.05) is 13.2 Å². The molecule has 0 aromatic heterocycles. The second-order valence-corrected chi connectivity index (χ2v) is 17.5. The standard InChI is InChI=1S/C58H98O6/c1-4-7-10-13-16-19-22-25-27-28-29-31-33-36-39-42-45-48-51-57(60)63-54-55(53-62-56(59)50-47-44-41-38-35-32-24-21-18-15-12-9-6-3)64-58(61)52-49-46-43-40-37-34-30-26-23-20-17-14-11-8-5-2/h16-17,19-20,22-23,25-29,31-32,35,55H,4-15,18,21,24,30,33-34,36-54H2,1-3H3/b19-16-,20-17-,25-22-,26-23-,28-27-,31-29-,35-32-. The highest BCUT2D eigenvalue weighted by Gasteiger charge is 2.19. The Morgan fingerprint density at radius 1 is 0.312 bits per heavy atom. The molecule has 0 spiro atoms. The maximum atomic E-state index is 12.8. The van der Waals surface area contributed by atoms with E-state index in [1.54, 1.807) is 0 Å². The second kappa shape index (κ2) is 52.2. The van der Waals surface area contributed by atoms with Gasteiger partial charge in [0.2, 0.25) is 0 Å². The van der Waals surface area contributed by atoms with Crippen LogP contribution >= 0.6 is 0 Å². The van der Waals surface area contributed by atoms with Crippen molar-refractivity contribution in [1.29, 1.82) is 0 Å². The summed E-state index contributed by atoms with van der Waals surface area (Å²) in [7, 11) is 0. The van der Waals surface area contributed by atoms with E-state index in [1.807, 2.05) is 0 Å². The van der Waals surface area contributed by atoms with E-state index in [2.05, 4.69) is 106 Å². The first-order chi connectivity index (χ1) is 31.5. The van der Waals surface area contributed by atoms with Gasteiger partial charge in [0.25, 0.3) is 0 Å². The highest BCUT2D eigenvalue weighted by Crippen LogP contribution is 2.13. The van der Waals surface area contributed by atoms with Gasteiger partial charge in [0.05, 0.1) is 0 Å². The third-order valence-corrected chi connectivity index (χ3v) is 11.2. The quantitative estimate of drug-likeness (QED) is 0.0199. The monoisotopic (exact) mass is 891 g/mol. The first kappa shape index (κ1) is 60.6. The molecule has 0 saturated carbocycles. The van der Waals surface area contributed by atoms with Crippen molar-refractivity contribution in [3.63, 3.8) is 0 Å². The zero-order valence-corrected chi connectivity index (χ0v) is 41.8. The van der Waals surface area contributed by atoms with Crippen LogP contribution in [-0.4, -0.2) is 37.2 Å². The van der Waals surface area contributed by atoms with Crippen LogP contribution in [0, 0.1) is 0 Å². The molecule has 0 heterocycles. The largest absolute Gasteiger partial charge is 0.462 e. The summed E-state index contributed by atoms with van der Waals surface area (Å²) < 4.78 is 16.8. The molecule has 6 heteroatoms. The number of carbonyl (C=O) groups is 3. The van der Waals surface area contributed by atoms with Gasteiger partial charge in [0.1, 0.15) is 13.2 Å². The van der Waals surface area contributed by atoms with Gasteiger partial charge in [-0.15, -0.1) is 0 Å². The lowest BCUT2D eigenvalue weighted by molar-refractivity contribution is -0.167. The first-order valence-electron chi connectivity index (χ1n) is 26.7. The molecule has 366 valence electrons. The molecule has 0 rings (SSSR count). The molecule has 0 aromatic rings. The number of allylic oxidation sites excluding steroid dienone is 14. The third-order valence-electron chi connectivity index (χ3n) is 11.2. The van der Waals surface area contributed by atoms with Crippen LogP contribution in [0.15, 0.2) is 85.1 Å². The van der Waals surface area contributed by atoms with Crippen LogP contribution in [0.2, 0.25) is 0 Å². The molecule has 0 bridgehead atoms. The number of carbonyl (C=O) groups excluding carboxylic acids is 3. The van der Waals surface area contributed by atoms with Crippen LogP contribution in [0.25, 0.3) is 0 Å². The number of hydrogen-bond acceptors (Lipinski definition) is 6. The fraction of sp³-hybridized carbons (Fsp3) is 0.707. The van der Waals surface area contributed by atoms with Crippen LogP contribution in [0.4, 0.5) is 0 Å². The van der Waals surface area contributed by atoms with E-state index in [0.29, 0.717) is 19.3 Å². The summed E-state index contributed by atoms with van der Waals surface area (Å²) >= 11 is 0. The molecule has 0 aliphatic rings. The fourth-order valence-electron chi connectivity index (χ4n) is 7.14. The summed E-state index contributed by atoms with van der Waals surface area (Å²) in [6.45, 7) is 6.52. The molecule has 1 atom stereocenters. The average molecular weight is 891 g/mol. The van der Waals surface area contributed by atoms with Gasteiger partial charge < -0.3 is 14.2 Å². The van der Waals surface area contributed by atoms with Crippen molar-refractivity contribution in [1.82, 2.24) is 0 Å². The summed E-state index contributed by atoms with van der Waals surface area (Å²) in [5.74, 6) is -0.947. The number of rotatable bonds is 47. The summed E-state index contributed by atoms with van der Waals surface area (Å²) in [4.78, 5) is 38.0. The Morgan fingerprint density at radius 3 is 0.984 bits per heavy atom. The number of esters is 3. The summed E-state index contributed by atoms with van der Waals surface area (Å²) in [5.41, 5.74) is 0. The van der Waals surface area contributed by atoms with Gasteiger partial charge >= 0.3 is 17.9 Å². The molecule has 0 aliphatic carbocycles. The highest BCUT2D eigenvalue weighted by atomic mass is 16.6. The predicted octanol–water partition coefficient (Wildman–Crippen LogP) is 17.6. The zero-order chi connectivity index (χ0) is 46.5. The summed E-state index contributed by atoms with van der Waals surface area (Å²) in [6.07, 6.45) is 67.0. The van der Waals surface area contributed by atoms with Crippen LogP contribution in [0.3, 0.4) is 0 Å². The van der Waals surface area contributed by atoms with Gasteiger partial charge in [-0.2, -0.15) is 0 Å². The van der Waals surface area contributed by atoms with Crippen molar-refractivity contribution in [3.05, 3.63) is 85.1 Å². The smallest absolute Gasteiger partial charge is 0.306 e. The molecule has 0 amide bonds. The maximum Gasteiger partial charge on any atom is 0.306 e. The number of hydrogen-bond donors (Lipinski definition) is 0. The SMILES string of the molecule is CCCCC\C=C/C=C\C=C/C=C\CCCCCCCC(=O)OCC(COC(=O)CCCCC/C=C\CCCCCCCC)OC(=O)CCCCCCCC/C=C\C=C/CCCCC. The lowest BCUT2D eigenvalue weighted by Crippen LogP contribution is -2.30. The molecule has 0 aliphatic heterocycles. The molecular formula is C58H98O6. The Labute approximate surface area is 395 Å².